The summed E-state index contributed by atoms with van der Waals surface area (Å²) in [6.45, 7) is 3.03. The van der Waals surface area contributed by atoms with E-state index in [-0.39, 0.29) is 5.69 Å². The third kappa shape index (κ3) is 6.19. The van der Waals surface area contributed by atoms with Crippen LogP contribution in [0.25, 0.3) is 0 Å². The molecule has 0 aliphatic heterocycles. The van der Waals surface area contributed by atoms with Crippen molar-refractivity contribution < 1.29 is 9.66 Å². The minimum absolute atomic E-state index is 0.0645. The summed E-state index contributed by atoms with van der Waals surface area (Å²) in [7, 11) is 0. The number of hydrazone groups is 1. The van der Waals surface area contributed by atoms with Gasteiger partial charge in [0.05, 0.1) is 11.1 Å². The fraction of sp³-hybridized carbons (Fsp3) is 0.176. The molecule has 0 aliphatic carbocycles. The molecule has 2 rings (SSSR count). The SMILES string of the molecule is CCNC(=S)N/N=C\c1ccc(OCc2ccc([N+](=O)[O-])cc2)cc1. The van der Waals surface area contributed by atoms with Gasteiger partial charge in [0.15, 0.2) is 5.11 Å². The first-order valence-electron chi connectivity index (χ1n) is 7.61. The normalized spacial score (nSPS) is 10.4. The number of thiocarbonyl (C=S) groups is 1. The van der Waals surface area contributed by atoms with Crippen LogP contribution in [-0.4, -0.2) is 22.8 Å². The third-order valence-electron chi connectivity index (χ3n) is 3.15. The predicted octanol–water partition coefficient (Wildman–Crippen LogP) is 2.99. The minimum atomic E-state index is -0.426. The van der Waals surface area contributed by atoms with E-state index in [1.807, 2.05) is 31.2 Å². The molecule has 130 valence electrons. The Morgan fingerprint density at radius 2 is 1.92 bits per heavy atom. The van der Waals surface area contributed by atoms with Gasteiger partial charge in [0.2, 0.25) is 0 Å². The number of rotatable bonds is 7. The summed E-state index contributed by atoms with van der Waals surface area (Å²) < 4.78 is 5.66. The van der Waals surface area contributed by atoms with Crippen molar-refractivity contribution in [1.82, 2.24) is 10.7 Å². The fourth-order valence-electron chi connectivity index (χ4n) is 1.90. The summed E-state index contributed by atoms with van der Waals surface area (Å²) in [4.78, 5) is 10.2. The smallest absolute Gasteiger partial charge is 0.269 e. The number of hydrogen-bond donors (Lipinski definition) is 2. The maximum Gasteiger partial charge on any atom is 0.269 e. The molecule has 0 unspecified atom stereocenters. The van der Waals surface area contributed by atoms with E-state index in [0.717, 1.165) is 17.7 Å². The van der Waals surface area contributed by atoms with E-state index in [0.29, 0.717) is 17.5 Å². The number of nitrogens with one attached hydrogen (secondary N) is 2. The van der Waals surface area contributed by atoms with Gasteiger partial charge in [0.1, 0.15) is 12.4 Å². The first-order chi connectivity index (χ1) is 12.1. The molecule has 0 fully saturated rings. The highest BCUT2D eigenvalue weighted by Crippen LogP contribution is 2.16. The number of nitrogens with zero attached hydrogens (tertiary/aromatic N) is 2. The topological polar surface area (TPSA) is 88.8 Å². The standard InChI is InChI=1S/C17H18N4O3S/c1-2-18-17(25)20-19-11-13-5-9-16(10-6-13)24-12-14-3-7-15(8-4-14)21(22)23/h3-11H,2,12H2,1H3,(H2,18,20,25)/b19-11-. The van der Waals surface area contributed by atoms with Crippen molar-refractivity contribution >= 4 is 29.2 Å². The van der Waals surface area contributed by atoms with Crippen molar-refractivity contribution in [2.24, 2.45) is 5.10 Å². The van der Waals surface area contributed by atoms with Crippen molar-refractivity contribution in [3.8, 4) is 5.75 Å². The average Bonchev–Trinajstić information content (AvgIpc) is 2.61. The van der Waals surface area contributed by atoms with Gasteiger partial charge >= 0.3 is 0 Å². The molecule has 0 saturated heterocycles. The molecule has 0 aliphatic rings. The van der Waals surface area contributed by atoms with Crippen molar-refractivity contribution in [2.45, 2.75) is 13.5 Å². The lowest BCUT2D eigenvalue weighted by atomic mass is 10.2. The summed E-state index contributed by atoms with van der Waals surface area (Å²) in [5.74, 6) is 0.701. The van der Waals surface area contributed by atoms with E-state index in [2.05, 4.69) is 15.8 Å². The second-order valence-electron chi connectivity index (χ2n) is 5.01. The maximum atomic E-state index is 10.6. The van der Waals surface area contributed by atoms with E-state index < -0.39 is 4.92 Å². The summed E-state index contributed by atoms with van der Waals surface area (Å²) in [6, 6.07) is 13.7. The molecule has 0 atom stereocenters. The highest BCUT2D eigenvalue weighted by Gasteiger charge is 2.04. The van der Waals surface area contributed by atoms with Crippen molar-refractivity contribution in [2.75, 3.05) is 6.54 Å². The molecule has 7 nitrogen and oxygen atoms in total. The summed E-state index contributed by atoms with van der Waals surface area (Å²) in [5.41, 5.74) is 4.54. The third-order valence-corrected chi connectivity index (χ3v) is 3.39. The molecular weight excluding hydrogens is 340 g/mol. The molecule has 25 heavy (non-hydrogen) atoms. The second kappa shape index (κ2) is 9.33. The van der Waals surface area contributed by atoms with Gasteiger partial charge in [-0.05, 0) is 66.7 Å². The minimum Gasteiger partial charge on any atom is -0.489 e. The van der Waals surface area contributed by atoms with Crippen LogP contribution in [0.15, 0.2) is 53.6 Å². The second-order valence-corrected chi connectivity index (χ2v) is 5.42. The van der Waals surface area contributed by atoms with Crippen LogP contribution in [0, 0.1) is 10.1 Å². The van der Waals surface area contributed by atoms with Gasteiger partial charge in [-0.2, -0.15) is 5.10 Å². The monoisotopic (exact) mass is 358 g/mol. The van der Waals surface area contributed by atoms with Crippen LogP contribution in [0.1, 0.15) is 18.1 Å². The van der Waals surface area contributed by atoms with Gasteiger partial charge in [-0.3, -0.25) is 15.5 Å². The van der Waals surface area contributed by atoms with Crippen LogP contribution in [0.2, 0.25) is 0 Å². The van der Waals surface area contributed by atoms with E-state index in [1.54, 1.807) is 18.3 Å². The zero-order valence-electron chi connectivity index (χ0n) is 13.6. The van der Waals surface area contributed by atoms with Crippen molar-refractivity contribution in [3.05, 3.63) is 69.8 Å². The molecule has 0 bridgehead atoms. The van der Waals surface area contributed by atoms with Crippen LogP contribution in [0.4, 0.5) is 5.69 Å². The van der Waals surface area contributed by atoms with Crippen LogP contribution < -0.4 is 15.5 Å². The molecule has 2 N–H and O–H groups in total. The Labute approximate surface area is 150 Å². The van der Waals surface area contributed by atoms with Crippen LogP contribution >= 0.6 is 12.2 Å². The number of hydrogen-bond acceptors (Lipinski definition) is 5. The zero-order valence-corrected chi connectivity index (χ0v) is 14.5. The van der Waals surface area contributed by atoms with Gasteiger partial charge in [0.25, 0.3) is 5.69 Å². The van der Waals surface area contributed by atoms with E-state index in [9.17, 15) is 10.1 Å². The van der Waals surface area contributed by atoms with Gasteiger partial charge in [-0.1, -0.05) is 0 Å². The largest absolute Gasteiger partial charge is 0.489 e. The maximum absolute atomic E-state index is 10.6. The van der Waals surface area contributed by atoms with Crippen molar-refractivity contribution in [1.29, 1.82) is 0 Å². The van der Waals surface area contributed by atoms with Gasteiger partial charge in [-0.15, -0.1) is 0 Å². The highest BCUT2D eigenvalue weighted by molar-refractivity contribution is 7.80. The molecule has 0 aromatic heterocycles. The lowest BCUT2D eigenvalue weighted by molar-refractivity contribution is -0.384. The number of ether oxygens (including phenoxy) is 1. The fourth-order valence-corrected chi connectivity index (χ4v) is 2.09. The predicted molar refractivity (Wildman–Crippen MR) is 101 cm³/mol. The number of nitro benzene ring substituents is 1. The zero-order chi connectivity index (χ0) is 18.1. The first-order valence-corrected chi connectivity index (χ1v) is 8.02. The Kier molecular flexibility index (Phi) is 6.85. The summed E-state index contributed by atoms with van der Waals surface area (Å²) >= 11 is 5.00. The molecule has 0 amide bonds. The molecule has 0 spiro atoms. The number of benzene rings is 2. The number of nitro groups is 1. The lowest BCUT2D eigenvalue weighted by Gasteiger charge is -2.06. The lowest BCUT2D eigenvalue weighted by Crippen LogP contribution is -2.31. The Hall–Kier alpha value is -3.00. The van der Waals surface area contributed by atoms with Crippen LogP contribution in [0.5, 0.6) is 5.75 Å². The van der Waals surface area contributed by atoms with E-state index in [1.165, 1.54) is 12.1 Å². The Morgan fingerprint density at radius 1 is 1.24 bits per heavy atom. The quantitative estimate of drug-likeness (QED) is 0.342. The summed E-state index contributed by atoms with van der Waals surface area (Å²) in [5, 5.41) is 18.1. The van der Waals surface area contributed by atoms with Gasteiger partial charge < -0.3 is 10.1 Å². The van der Waals surface area contributed by atoms with Crippen molar-refractivity contribution in [3.63, 3.8) is 0 Å². The highest BCUT2D eigenvalue weighted by atomic mass is 32.1. The van der Waals surface area contributed by atoms with E-state index >= 15 is 0 Å². The molecule has 2 aromatic rings. The Bertz CT molecular complexity index is 745. The number of non-ortho nitro benzene ring substituents is 1. The van der Waals surface area contributed by atoms with Crippen LogP contribution in [0.3, 0.4) is 0 Å². The summed E-state index contributed by atoms with van der Waals surface area (Å²) in [6.07, 6.45) is 1.66. The Balaban J connectivity index is 1.84. The molecular formula is C17H18N4O3S. The average molecular weight is 358 g/mol. The Morgan fingerprint density at radius 3 is 2.52 bits per heavy atom. The molecule has 0 saturated carbocycles. The van der Waals surface area contributed by atoms with Gasteiger partial charge in [-0.25, -0.2) is 0 Å². The molecule has 0 heterocycles. The van der Waals surface area contributed by atoms with E-state index in [4.69, 9.17) is 17.0 Å². The molecule has 2 aromatic carbocycles. The van der Waals surface area contributed by atoms with Crippen LogP contribution in [-0.2, 0) is 6.61 Å². The van der Waals surface area contributed by atoms with Gasteiger partial charge in [0, 0.05) is 18.7 Å². The molecule has 8 heteroatoms. The first kappa shape index (κ1) is 18.3. The molecule has 0 radical (unpaired) electrons.